The molecule has 18 heavy (non-hydrogen) atoms. The van der Waals surface area contributed by atoms with Crippen molar-refractivity contribution in [2.75, 3.05) is 7.11 Å². The Balaban J connectivity index is 2.24. The van der Waals surface area contributed by atoms with Gasteiger partial charge in [0.1, 0.15) is 6.10 Å². The Labute approximate surface area is 110 Å². The molecule has 100 valence electrons. The quantitative estimate of drug-likeness (QED) is 0.881. The van der Waals surface area contributed by atoms with E-state index in [1.165, 1.54) is 12.0 Å². The van der Waals surface area contributed by atoms with Gasteiger partial charge in [0.05, 0.1) is 5.60 Å². The molecule has 1 unspecified atom stereocenters. The van der Waals surface area contributed by atoms with Crippen LogP contribution in [0.25, 0.3) is 0 Å². The standard InChI is InChI=1S/C16H24O2/c1-3-13-8-7-9-14(12-13)15(17)16(18-2)10-5-4-6-11-16/h7-9,12,15,17H,3-6,10-11H2,1-2H3. The number of benzene rings is 1. The molecule has 1 saturated carbocycles. The smallest absolute Gasteiger partial charge is 0.108 e. The normalized spacial score (nSPS) is 20.6. The third-order valence-electron chi connectivity index (χ3n) is 4.28. The Morgan fingerprint density at radius 2 is 2.00 bits per heavy atom. The average Bonchev–Trinajstić information content (AvgIpc) is 2.47. The molecule has 0 bridgehead atoms. The first kappa shape index (κ1) is 13.6. The first-order chi connectivity index (χ1) is 8.72. The van der Waals surface area contributed by atoms with Crippen molar-refractivity contribution in [1.29, 1.82) is 0 Å². The van der Waals surface area contributed by atoms with Crippen LogP contribution < -0.4 is 0 Å². The largest absolute Gasteiger partial charge is 0.385 e. The zero-order valence-electron chi connectivity index (χ0n) is 11.5. The molecule has 0 aromatic heterocycles. The zero-order valence-corrected chi connectivity index (χ0v) is 11.5. The minimum absolute atomic E-state index is 0.370. The van der Waals surface area contributed by atoms with E-state index in [1.807, 2.05) is 12.1 Å². The summed E-state index contributed by atoms with van der Waals surface area (Å²) in [6.07, 6.45) is 5.97. The summed E-state index contributed by atoms with van der Waals surface area (Å²) < 4.78 is 5.72. The highest BCUT2D eigenvalue weighted by Crippen LogP contribution is 2.41. The zero-order chi connectivity index (χ0) is 13.0. The summed E-state index contributed by atoms with van der Waals surface area (Å²) in [6, 6.07) is 8.26. The molecule has 0 heterocycles. The van der Waals surface area contributed by atoms with Crippen LogP contribution >= 0.6 is 0 Å². The van der Waals surface area contributed by atoms with E-state index in [2.05, 4.69) is 19.1 Å². The molecule has 0 saturated heterocycles. The number of aryl methyl sites for hydroxylation is 1. The molecule has 1 atom stereocenters. The number of aliphatic hydroxyl groups excluding tert-OH is 1. The first-order valence-electron chi connectivity index (χ1n) is 7.04. The van der Waals surface area contributed by atoms with Crippen molar-refractivity contribution in [1.82, 2.24) is 0 Å². The Kier molecular flexibility index (Phi) is 4.41. The summed E-state index contributed by atoms with van der Waals surface area (Å²) in [5, 5.41) is 10.7. The summed E-state index contributed by atoms with van der Waals surface area (Å²) in [4.78, 5) is 0. The van der Waals surface area contributed by atoms with E-state index < -0.39 is 6.10 Å². The number of aliphatic hydroxyl groups is 1. The fourth-order valence-electron chi connectivity index (χ4n) is 3.03. The van der Waals surface area contributed by atoms with Gasteiger partial charge in [0, 0.05) is 7.11 Å². The lowest BCUT2D eigenvalue weighted by atomic mass is 9.78. The fraction of sp³-hybridized carbons (Fsp3) is 0.625. The SMILES string of the molecule is CCc1cccc(C(O)C2(OC)CCCCC2)c1. The van der Waals surface area contributed by atoms with Crippen molar-refractivity contribution in [3.05, 3.63) is 35.4 Å². The Morgan fingerprint density at radius 3 is 2.61 bits per heavy atom. The highest BCUT2D eigenvalue weighted by Gasteiger charge is 2.39. The van der Waals surface area contributed by atoms with Gasteiger partial charge < -0.3 is 9.84 Å². The second-order valence-electron chi connectivity index (χ2n) is 5.33. The van der Waals surface area contributed by atoms with E-state index in [0.717, 1.165) is 37.7 Å². The van der Waals surface area contributed by atoms with Crippen LogP contribution in [0.5, 0.6) is 0 Å². The van der Waals surface area contributed by atoms with Gasteiger partial charge in [0.25, 0.3) is 0 Å². The molecule has 0 amide bonds. The molecule has 1 N–H and O–H groups in total. The molecule has 1 fully saturated rings. The van der Waals surface area contributed by atoms with E-state index in [9.17, 15) is 5.11 Å². The summed E-state index contributed by atoms with van der Waals surface area (Å²) >= 11 is 0. The Morgan fingerprint density at radius 1 is 1.28 bits per heavy atom. The molecule has 1 aliphatic carbocycles. The van der Waals surface area contributed by atoms with Gasteiger partial charge in [0.15, 0.2) is 0 Å². The maximum Gasteiger partial charge on any atom is 0.108 e. The van der Waals surface area contributed by atoms with Gasteiger partial charge in [-0.05, 0) is 30.4 Å². The highest BCUT2D eigenvalue weighted by molar-refractivity contribution is 5.27. The molecular weight excluding hydrogens is 224 g/mol. The Hall–Kier alpha value is -0.860. The number of hydrogen-bond acceptors (Lipinski definition) is 2. The molecule has 1 aromatic rings. The van der Waals surface area contributed by atoms with Gasteiger partial charge in [-0.1, -0.05) is 50.5 Å². The van der Waals surface area contributed by atoms with Crippen molar-refractivity contribution >= 4 is 0 Å². The van der Waals surface area contributed by atoms with Crippen LogP contribution in [0.4, 0.5) is 0 Å². The molecular formula is C16H24O2. The van der Waals surface area contributed by atoms with E-state index in [0.29, 0.717) is 0 Å². The molecule has 2 heteroatoms. The van der Waals surface area contributed by atoms with Crippen LogP contribution in [-0.2, 0) is 11.2 Å². The van der Waals surface area contributed by atoms with Crippen LogP contribution in [0.1, 0.15) is 56.3 Å². The first-order valence-corrected chi connectivity index (χ1v) is 7.04. The van der Waals surface area contributed by atoms with Crippen molar-refractivity contribution in [3.8, 4) is 0 Å². The summed E-state index contributed by atoms with van der Waals surface area (Å²) in [6.45, 7) is 2.14. The van der Waals surface area contributed by atoms with Crippen LogP contribution in [0.2, 0.25) is 0 Å². The van der Waals surface area contributed by atoms with Gasteiger partial charge >= 0.3 is 0 Å². The van der Waals surface area contributed by atoms with E-state index >= 15 is 0 Å². The second kappa shape index (κ2) is 5.85. The third-order valence-corrected chi connectivity index (χ3v) is 4.28. The Bertz CT molecular complexity index is 380. The highest BCUT2D eigenvalue weighted by atomic mass is 16.5. The second-order valence-corrected chi connectivity index (χ2v) is 5.33. The van der Waals surface area contributed by atoms with Crippen molar-refractivity contribution in [2.45, 2.75) is 57.2 Å². The number of methoxy groups -OCH3 is 1. The van der Waals surface area contributed by atoms with Gasteiger partial charge in [-0.25, -0.2) is 0 Å². The van der Waals surface area contributed by atoms with Crippen LogP contribution in [-0.4, -0.2) is 17.8 Å². The molecule has 1 aromatic carbocycles. The predicted octanol–water partition coefficient (Wildman–Crippen LogP) is 3.63. The third kappa shape index (κ3) is 2.60. The van der Waals surface area contributed by atoms with Gasteiger partial charge in [0.2, 0.25) is 0 Å². The maximum absolute atomic E-state index is 10.7. The lowest BCUT2D eigenvalue weighted by Crippen LogP contribution is -2.40. The van der Waals surface area contributed by atoms with Crippen LogP contribution in [0.3, 0.4) is 0 Å². The minimum Gasteiger partial charge on any atom is -0.385 e. The lowest BCUT2D eigenvalue weighted by molar-refractivity contribution is -0.125. The molecule has 0 radical (unpaired) electrons. The molecule has 2 nitrogen and oxygen atoms in total. The molecule has 0 spiro atoms. The molecule has 1 aliphatic rings. The van der Waals surface area contributed by atoms with Crippen LogP contribution in [0.15, 0.2) is 24.3 Å². The predicted molar refractivity (Wildman–Crippen MR) is 73.6 cm³/mol. The average molecular weight is 248 g/mol. The fourth-order valence-corrected chi connectivity index (χ4v) is 3.03. The summed E-state index contributed by atoms with van der Waals surface area (Å²) in [5.41, 5.74) is 1.90. The van der Waals surface area contributed by atoms with Crippen LogP contribution in [0, 0.1) is 0 Å². The maximum atomic E-state index is 10.7. The number of rotatable bonds is 4. The monoisotopic (exact) mass is 248 g/mol. The minimum atomic E-state index is -0.505. The van der Waals surface area contributed by atoms with Gasteiger partial charge in [-0.3, -0.25) is 0 Å². The van der Waals surface area contributed by atoms with E-state index in [1.54, 1.807) is 7.11 Å². The van der Waals surface area contributed by atoms with Crippen molar-refractivity contribution in [2.24, 2.45) is 0 Å². The molecule has 2 rings (SSSR count). The van der Waals surface area contributed by atoms with E-state index in [4.69, 9.17) is 4.74 Å². The topological polar surface area (TPSA) is 29.5 Å². The van der Waals surface area contributed by atoms with Crippen molar-refractivity contribution in [3.63, 3.8) is 0 Å². The van der Waals surface area contributed by atoms with Gasteiger partial charge in [-0.2, -0.15) is 0 Å². The van der Waals surface area contributed by atoms with Gasteiger partial charge in [-0.15, -0.1) is 0 Å². The van der Waals surface area contributed by atoms with Crippen molar-refractivity contribution < 1.29 is 9.84 Å². The molecule has 0 aliphatic heterocycles. The number of ether oxygens (including phenoxy) is 1. The summed E-state index contributed by atoms with van der Waals surface area (Å²) in [5.74, 6) is 0. The van der Waals surface area contributed by atoms with E-state index in [-0.39, 0.29) is 5.60 Å². The lowest BCUT2D eigenvalue weighted by Gasteiger charge is -2.40. The number of hydrogen-bond donors (Lipinski definition) is 1. The summed E-state index contributed by atoms with van der Waals surface area (Å²) in [7, 11) is 1.73.